The molecule has 9 heteroatoms. The number of carbonyl (C=O) groups is 1. The highest BCUT2D eigenvalue weighted by atomic mass is 16.3. The third kappa shape index (κ3) is 7.88. The van der Waals surface area contributed by atoms with Crippen LogP contribution in [0.25, 0.3) is 0 Å². The summed E-state index contributed by atoms with van der Waals surface area (Å²) in [5, 5.41) is 10.7. The summed E-state index contributed by atoms with van der Waals surface area (Å²) in [7, 11) is 0. The SMILES string of the molecule is CC(=O)N(Cc1ccc(CN2CCC3(CCN(CC(C)C)CC3)C2)cc1)CC(CO)(Cc1ncc[nH]1)Cc1ncc[nH]1. The van der Waals surface area contributed by atoms with E-state index in [0.29, 0.717) is 31.3 Å². The molecule has 2 aliphatic heterocycles. The van der Waals surface area contributed by atoms with Gasteiger partial charge in [0.25, 0.3) is 0 Å². The topological polar surface area (TPSA) is 104 Å². The molecule has 5 rings (SSSR count). The molecule has 2 aliphatic rings. The van der Waals surface area contributed by atoms with Crippen LogP contribution in [-0.2, 0) is 30.7 Å². The molecule has 2 fully saturated rings. The summed E-state index contributed by atoms with van der Waals surface area (Å²) in [6.07, 6.45) is 12.0. The molecular formula is C33H49N7O2. The van der Waals surface area contributed by atoms with Gasteiger partial charge in [0.15, 0.2) is 0 Å². The maximum absolute atomic E-state index is 12.9. The number of benzene rings is 1. The Morgan fingerprint density at radius 1 is 0.976 bits per heavy atom. The molecule has 4 heterocycles. The number of nitrogens with zero attached hydrogens (tertiary/aromatic N) is 5. The standard InChI is InChI=1S/C33H49N7O2/c1-26(2)20-38-15-8-32(9-16-38)10-17-39(23-32)21-28-4-6-29(7-5-28)22-40(27(3)42)24-33(25-41,18-30-34-11-12-35-30)19-31-36-13-14-37-31/h4-7,11-14,26,41H,8-10,15-25H2,1-3H3,(H,34,35)(H,36,37). The van der Waals surface area contributed by atoms with E-state index in [4.69, 9.17) is 0 Å². The van der Waals surface area contributed by atoms with Crippen molar-refractivity contribution in [2.45, 2.75) is 66.0 Å². The number of aromatic nitrogens is 4. The fourth-order valence-corrected chi connectivity index (χ4v) is 7.05. The van der Waals surface area contributed by atoms with Gasteiger partial charge in [-0.2, -0.15) is 0 Å². The number of H-pyrrole nitrogens is 2. The number of aliphatic hydroxyl groups excluding tert-OH is 1. The van der Waals surface area contributed by atoms with Gasteiger partial charge in [0.1, 0.15) is 11.6 Å². The Morgan fingerprint density at radius 3 is 2.05 bits per heavy atom. The molecule has 0 unspecified atom stereocenters. The third-order valence-corrected chi connectivity index (χ3v) is 9.36. The van der Waals surface area contributed by atoms with E-state index in [1.807, 2.05) is 4.90 Å². The van der Waals surface area contributed by atoms with Gasteiger partial charge in [-0.15, -0.1) is 0 Å². The number of hydrogen-bond donors (Lipinski definition) is 3. The van der Waals surface area contributed by atoms with Crippen LogP contribution in [-0.4, -0.2) is 91.5 Å². The predicted molar refractivity (Wildman–Crippen MR) is 164 cm³/mol. The molecule has 2 saturated heterocycles. The van der Waals surface area contributed by atoms with Gasteiger partial charge < -0.3 is 24.9 Å². The van der Waals surface area contributed by atoms with E-state index in [0.717, 1.165) is 29.7 Å². The minimum atomic E-state index is -0.627. The Balaban J connectivity index is 1.19. The van der Waals surface area contributed by atoms with Crippen molar-refractivity contribution in [1.29, 1.82) is 0 Å². The number of piperidine rings is 1. The Kier molecular flexibility index (Phi) is 9.81. The van der Waals surface area contributed by atoms with Gasteiger partial charge in [0, 0.05) is 82.7 Å². The first kappa shape index (κ1) is 30.4. The number of rotatable bonds is 13. The van der Waals surface area contributed by atoms with E-state index in [1.54, 1.807) is 31.7 Å². The van der Waals surface area contributed by atoms with Crippen molar-refractivity contribution in [3.8, 4) is 0 Å². The lowest BCUT2D eigenvalue weighted by molar-refractivity contribution is -0.131. The molecule has 0 atom stereocenters. The first-order chi connectivity index (χ1) is 20.3. The molecule has 1 aromatic carbocycles. The lowest BCUT2D eigenvalue weighted by atomic mass is 9.77. The predicted octanol–water partition coefficient (Wildman–Crippen LogP) is 3.89. The summed E-state index contributed by atoms with van der Waals surface area (Å²) in [5.41, 5.74) is 2.28. The van der Waals surface area contributed by atoms with E-state index in [-0.39, 0.29) is 12.5 Å². The normalized spacial score (nSPS) is 17.8. The molecule has 0 saturated carbocycles. The zero-order valence-corrected chi connectivity index (χ0v) is 25.7. The first-order valence-electron chi connectivity index (χ1n) is 15.6. The largest absolute Gasteiger partial charge is 0.396 e. The number of aliphatic hydroxyl groups is 1. The van der Waals surface area contributed by atoms with Crippen molar-refractivity contribution in [2.75, 3.05) is 45.9 Å². The van der Waals surface area contributed by atoms with Crippen LogP contribution in [0.5, 0.6) is 0 Å². The van der Waals surface area contributed by atoms with Crippen LogP contribution in [0.15, 0.2) is 49.1 Å². The van der Waals surface area contributed by atoms with Crippen molar-refractivity contribution < 1.29 is 9.90 Å². The highest BCUT2D eigenvalue weighted by Crippen LogP contribution is 2.41. The van der Waals surface area contributed by atoms with Crippen molar-refractivity contribution in [2.24, 2.45) is 16.7 Å². The Labute approximate surface area is 250 Å². The van der Waals surface area contributed by atoms with Crippen molar-refractivity contribution in [3.05, 3.63) is 71.8 Å². The molecule has 9 nitrogen and oxygen atoms in total. The second-order valence-corrected chi connectivity index (χ2v) is 13.4. The van der Waals surface area contributed by atoms with E-state index in [9.17, 15) is 9.90 Å². The van der Waals surface area contributed by atoms with Gasteiger partial charge in [-0.25, -0.2) is 9.97 Å². The summed E-state index contributed by atoms with van der Waals surface area (Å²) in [6, 6.07) is 8.74. The maximum Gasteiger partial charge on any atom is 0.219 e. The minimum Gasteiger partial charge on any atom is -0.396 e. The maximum atomic E-state index is 12.9. The summed E-state index contributed by atoms with van der Waals surface area (Å²) < 4.78 is 0. The van der Waals surface area contributed by atoms with Crippen LogP contribution in [0.1, 0.15) is 62.8 Å². The van der Waals surface area contributed by atoms with Crippen molar-refractivity contribution >= 4 is 5.91 Å². The summed E-state index contributed by atoms with van der Waals surface area (Å²) in [6.45, 7) is 14.1. The molecule has 2 aromatic heterocycles. The third-order valence-electron chi connectivity index (χ3n) is 9.36. The molecule has 228 valence electrons. The number of likely N-dealkylation sites (tertiary alicyclic amines) is 2. The zero-order valence-electron chi connectivity index (χ0n) is 25.7. The molecule has 42 heavy (non-hydrogen) atoms. The fraction of sp³-hybridized carbons (Fsp3) is 0.606. The van der Waals surface area contributed by atoms with Crippen LogP contribution >= 0.6 is 0 Å². The number of carbonyl (C=O) groups excluding carboxylic acids is 1. The lowest BCUT2D eigenvalue weighted by Crippen LogP contribution is -2.45. The van der Waals surface area contributed by atoms with Crippen LogP contribution in [0.2, 0.25) is 0 Å². The minimum absolute atomic E-state index is 0.0161. The van der Waals surface area contributed by atoms with E-state index in [1.165, 1.54) is 57.5 Å². The number of nitrogens with one attached hydrogen (secondary N) is 2. The Hall–Kier alpha value is -3.01. The average Bonchev–Trinajstić information content (AvgIpc) is 3.74. The average molecular weight is 576 g/mol. The summed E-state index contributed by atoms with van der Waals surface area (Å²) in [4.78, 5) is 35.1. The number of hydrogen-bond acceptors (Lipinski definition) is 6. The van der Waals surface area contributed by atoms with Crippen LogP contribution < -0.4 is 0 Å². The fourth-order valence-electron chi connectivity index (χ4n) is 7.05. The lowest BCUT2D eigenvalue weighted by Gasteiger charge is -2.40. The van der Waals surface area contributed by atoms with E-state index >= 15 is 0 Å². The van der Waals surface area contributed by atoms with Gasteiger partial charge in [0.05, 0.1) is 6.61 Å². The first-order valence-corrected chi connectivity index (χ1v) is 15.6. The van der Waals surface area contributed by atoms with E-state index in [2.05, 4.69) is 67.8 Å². The monoisotopic (exact) mass is 575 g/mol. The van der Waals surface area contributed by atoms with Crippen LogP contribution in [0.3, 0.4) is 0 Å². The van der Waals surface area contributed by atoms with E-state index < -0.39 is 5.41 Å². The molecular weight excluding hydrogens is 526 g/mol. The van der Waals surface area contributed by atoms with Gasteiger partial charge >= 0.3 is 0 Å². The molecule has 3 N–H and O–H groups in total. The molecule has 0 aliphatic carbocycles. The summed E-state index contributed by atoms with van der Waals surface area (Å²) >= 11 is 0. The van der Waals surface area contributed by atoms with Crippen molar-refractivity contribution in [3.63, 3.8) is 0 Å². The summed E-state index contributed by atoms with van der Waals surface area (Å²) in [5.74, 6) is 2.30. The molecule has 1 spiro atoms. The molecule has 0 radical (unpaired) electrons. The Morgan fingerprint density at radius 2 is 1.55 bits per heavy atom. The number of aromatic amines is 2. The zero-order chi connectivity index (χ0) is 29.6. The van der Waals surface area contributed by atoms with Crippen LogP contribution in [0.4, 0.5) is 0 Å². The van der Waals surface area contributed by atoms with Crippen LogP contribution in [0, 0.1) is 16.7 Å². The molecule has 3 aromatic rings. The smallest absolute Gasteiger partial charge is 0.219 e. The molecule has 0 bridgehead atoms. The second-order valence-electron chi connectivity index (χ2n) is 13.4. The van der Waals surface area contributed by atoms with Gasteiger partial charge in [-0.3, -0.25) is 9.69 Å². The second kappa shape index (κ2) is 13.5. The number of amides is 1. The van der Waals surface area contributed by atoms with Gasteiger partial charge in [0.2, 0.25) is 5.91 Å². The highest BCUT2D eigenvalue weighted by molar-refractivity contribution is 5.73. The van der Waals surface area contributed by atoms with Gasteiger partial charge in [-0.05, 0) is 61.4 Å². The van der Waals surface area contributed by atoms with Crippen molar-refractivity contribution in [1.82, 2.24) is 34.6 Å². The Bertz CT molecular complexity index is 1200. The van der Waals surface area contributed by atoms with Gasteiger partial charge in [-0.1, -0.05) is 38.1 Å². The quantitative estimate of drug-likeness (QED) is 0.286. The molecule has 1 amide bonds. The number of imidazole rings is 2. The highest BCUT2D eigenvalue weighted by Gasteiger charge is 2.40.